The number of halogens is 2. The van der Waals surface area contributed by atoms with Gasteiger partial charge in [-0.15, -0.1) is 0 Å². The molecule has 0 unspecified atom stereocenters. The van der Waals surface area contributed by atoms with Crippen LogP contribution in [0.5, 0.6) is 11.5 Å². The van der Waals surface area contributed by atoms with Crippen molar-refractivity contribution in [1.82, 2.24) is 0 Å². The Labute approximate surface area is 216 Å². The first-order valence-corrected chi connectivity index (χ1v) is 13.0. The van der Waals surface area contributed by atoms with Crippen LogP contribution in [0.1, 0.15) is 0 Å². The first-order chi connectivity index (χ1) is 16.7. The summed E-state index contributed by atoms with van der Waals surface area (Å²) >= 11 is 9.52. The van der Waals surface area contributed by atoms with Gasteiger partial charge in [0.05, 0.1) is 32.9 Å². The topological polar surface area (TPSA) is 93.7 Å². The molecule has 0 spiro atoms. The molecular weight excluding hydrogens is 556 g/mol. The van der Waals surface area contributed by atoms with Crippen molar-refractivity contribution in [1.29, 1.82) is 0 Å². The quantitative estimate of drug-likeness (QED) is 0.265. The summed E-state index contributed by atoms with van der Waals surface area (Å²) in [6.07, 6.45) is 0. The highest BCUT2D eigenvalue weighted by Gasteiger charge is 2.18. The number of anilines is 2. The molecule has 0 aliphatic carbocycles. The molecule has 180 valence electrons. The molecule has 7 nitrogen and oxygen atoms in total. The highest BCUT2D eigenvalue weighted by molar-refractivity contribution is 9.10. The summed E-state index contributed by atoms with van der Waals surface area (Å²) in [5.41, 5.74) is 0.486. The molecule has 2 N–H and O–H groups in total. The van der Waals surface area contributed by atoms with Gasteiger partial charge < -0.3 is 14.8 Å². The first-order valence-electron chi connectivity index (χ1n) is 10.3. The van der Waals surface area contributed by atoms with E-state index in [2.05, 4.69) is 26.0 Å². The van der Waals surface area contributed by atoms with Gasteiger partial charge in [-0.05, 0) is 75.2 Å². The van der Waals surface area contributed by atoms with Gasteiger partial charge in [0.1, 0.15) is 11.5 Å². The molecule has 0 saturated carbocycles. The van der Waals surface area contributed by atoms with Crippen molar-refractivity contribution in [3.8, 4) is 11.5 Å². The maximum Gasteiger partial charge on any atom is 0.262 e. The van der Waals surface area contributed by atoms with E-state index in [1.165, 1.54) is 25.3 Å². The normalized spacial score (nSPS) is 11.2. The molecule has 4 aromatic carbocycles. The van der Waals surface area contributed by atoms with E-state index in [0.29, 0.717) is 21.7 Å². The lowest BCUT2D eigenvalue weighted by Gasteiger charge is -2.13. The zero-order valence-electron chi connectivity index (χ0n) is 18.4. The van der Waals surface area contributed by atoms with Gasteiger partial charge in [-0.2, -0.15) is 0 Å². The summed E-state index contributed by atoms with van der Waals surface area (Å²) < 4.78 is 39.6. The van der Waals surface area contributed by atoms with Gasteiger partial charge in [0.2, 0.25) is 0 Å². The molecule has 0 aliphatic heterocycles. The average Bonchev–Trinajstić information content (AvgIpc) is 2.84. The second-order valence-electron chi connectivity index (χ2n) is 7.44. The van der Waals surface area contributed by atoms with Crippen LogP contribution in [0.2, 0.25) is 5.02 Å². The minimum Gasteiger partial charge on any atom is -0.496 e. The molecular formula is C25H20BrClN2O5S. The maximum absolute atomic E-state index is 12.9. The summed E-state index contributed by atoms with van der Waals surface area (Å²) in [7, 11) is -2.44. The Balaban J connectivity index is 1.45. The Kier molecular flexibility index (Phi) is 7.49. The number of ether oxygens (including phenoxy) is 2. The maximum atomic E-state index is 12.9. The predicted octanol–water partition coefficient (Wildman–Crippen LogP) is 6.08. The van der Waals surface area contributed by atoms with E-state index in [-0.39, 0.29) is 22.2 Å². The van der Waals surface area contributed by atoms with Crippen LogP contribution in [0.4, 0.5) is 11.4 Å². The fourth-order valence-electron chi connectivity index (χ4n) is 3.30. The van der Waals surface area contributed by atoms with Crippen LogP contribution in [0.15, 0.2) is 88.2 Å². The third-order valence-corrected chi connectivity index (χ3v) is 7.35. The summed E-state index contributed by atoms with van der Waals surface area (Å²) in [6, 6.07) is 22.1. The van der Waals surface area contributed by atoms with Gasteiger partial charge in [0.25, 0.3) is 15.9 Å². The van der Waals surface area contributed by atoms with Crippen LogP contribution < -0.4 is 19.5 Å². The third kappa shape index (κ3) is 6.05. The minimum atomic E-state index is -3.95. The van der Waals surface area contributed by atoms with Gasteiger partial charge in [-0.1, -0.05) is 41.9 Å². The molecule has 0 fully saturated rings. The van der Waals surface area contributed by atoms with Crippen molar-refractivity contribution in [2.24, 2.45) is 0 Å². The molecule has 0 heterocycles. The summed E-state index contributed by atoms with van der Waals surface area (Å²) in [5, 5.41) is 4.84. The Bertz CT molecular complexity index is 1510. The number of amides is 1. The molecule has 0 atom stereocenters. The number of nitrogens with one attached hydrogen (secondary N) is 2. The molecule has 0 radical (unpaired) electrons. The number of benzene rings is 4. The van der Waals surface area contributed by atoms with Crippen LogP contribution >= 0.6 is 27.5 Å². The monoisotopic (exact) mass is 574 g/mol. The number of rotatable bonds is 8. The second kappa shape index (κ2) is 10.6. The first kappa shape index (κ1) is 24.8. The number of hydrogen-bond acceptors (Lipinski definition) is 5. The fourth-order valence-corrected chi connectivity index (χ4v) is 5.08. The largest absolute Gasteiger partial charge is 0.496 e. The molecule has 0 saturated heterocycles. The van der Waals surface area contributed by atoms with Gasteiger partial charge in [0, 0.05) is 0 Å². The summed E-state index contributed by atoms with van der Waals surface area (Å²) in [4.78, 5) is 12.4. The Hall–Kier alpha value is -3.27. The van der Waals surface area contributed by atoms with E-state index >= 15 is 0 Å². The zero-order valence-corrected chi connectivity index (χ0v) is 21.6. The number of sulfonamides is 1. The van der Waals surface area contributed by atoms with Crippen LogP contribution in [0.25, 0.3) is 10.8 Å². The van der Waals surface area contributed by atoms with E-state index < -0.39 is 15.9 Å². The van der Waals surface area contributed by atoms with Crippen molar-refractivity contribution in [3.63, 3.8) is 0 Å². The standard InChI is InChI=1S/C25H20BrClN2O5S/c1-33-24-11-7-18(13-21(24)26)29-35(31,32)20-9-10-22(27)23(14-20)28-25(30)15-34-19-8-6-16-4-2-3-5-17(16)12-19/h2-14,29H,15H2,1H3,(H,28,30). The molecule has 4 rings (SSSR count). The van der Waals surface area contributed by atoms with Crippen LogP contribution in [0.3, 0.4) is 0 Å². The van der Waals surface area contributed by atoms with Gasteiger partial charge in [-0.3, -0.25) is 9.52 Å². The number of fused-ring (bicyclic) bond motifs is 1. The fraction of sp³-hybridized carbons (Fsp3) is 0.0800. The lowest BCUT2D eigenvalue weighted by molar-refractivity contribution is -0.118. The van der Waals surface area contributed by atoms with E-state index in [9.17, 15) is 13.2 Å². The SMILES string of the molecule is COc1ccc(NS(=O)(=O)c2ccc(Cl)c(NC(=O)COc3ccc4ccccc4c3)c2)cc1Br. The minimum absolute atomic E-state index is 0.0698. The van der Waals surface area contributed by atoms with E-state index in [0.717, 1.165) is 10.8 Å². The van der Waals surface area contributed by atoms with Crippen LogP contribution in [-0.2, 0) is 14.8 Å². The van der Waals surface area contributed by atoms with E-state index in [1.54, 1.807) is 24.3 Å². The summed E-state index contributed by atoms with van der Waals surface area (Å²) in [5.74, 6) is 0.619. The molecule has 1 amide bonds. The van der Waals surface area contributed by atoms with Gasteiger partial charge >= 0.3 is 0 Å². The average molecular weight is 576 g/mol. The number of carbonyl (C=O) groups excluding carboxylic acids is 1. The zero-order chi connectivity index (χ0) is 25.0. The molecule has 0 bridgehead atoms. The Morgan fingerprint density at radius 3 is 2.49 bits per heavy atom. The van der Waals surface area contributed by atoms with Crippen LogP contribution in [-0.4, -0.2) is 28.0 Å². The van der Waals surface area contributed by atoms with Gasteiger partial charge in [-0.25, -0.2) is 8.42 Å². The van der Waals surface area contributed by atoms with Crippen molar-refractivity contribution in [2.75, 3.05) is 23.8 Å². The summed E-state index contributed by atoms with van der Waals surface area (Å²) in [6.45, 7) is -0.274. The molecule has 10 heteroatoms. The lowest BCUT2D eigenvalue weighted by atomic mass is 10.1. The highest BCUT2D eigenvalue weighted by atomic mass is 79.9. The number of hydrogen-bond donors (Lipinski definition) is 2. The lowest BCUT2D eigenvalue weighted by Crippen LogP contribution is -2.21. The number of carbonyl (C=O) groups is 1. The molecule has 0 aromatic heterocycles. The van der Waals surface area contributed by atoms with Crippen molar-refractivity contribution < 1.29 is 22.7 Å². The predicted molar refractivity (Wildman–Crippen MR) is 141 cm³/mol. The smallest absolute Gasteiger partial charge is 0.262 e. The second-order valence-corrected chi connectivity index (χ2v) is 10.4. The van der Waals surface area contributed by atoms with E-state index in [1.807, 2.05) is 36.4 Å². The van der Waals surface area contributed by atoms with E-state index in [4.69, 9.17) is 21.1 Å². The van der Waals surface area contributed by atoms with Crippen molar-refractivity contribution >= 4 is 65.6 Å². The van der Waals surface area contributed by atoms with Crippen LogP contribution in [0, 0.1) is 0 Å². The third-order valence-electron chi connectivity index (χ3n) is 5.02. The molecule has 35 heavy (non-hydrogen) atoms. The molecule has 0 aliphatic rings. The highest BCUT2D eigenvalue weighted by Crippen LogP contribution is 2.30. The van der Waals surface area contributed by atoms with Crippen molar-refractivity contribution in [3.05, 3.63) is 88.4 Å². The molecule has 4 aromatic rings. The number of methoxy groups -OCH3 is 1. The van der Waals surface area contributed by atoms with Gasteiger partial charge in [0.15, 0.2) is 6.61 Å². The van der Waals surface area contributed by atoms with Crippen molar-refractivity contribution in [2.45, 2.75) is 4.90 Å². The Morgan fingerprint density at radius 2 is 1.74 bits per heavy atom. The Morgan fingerprint density at radius 1 is 0.971 bits per heavy atom.